The molecule has 1 fully saturated rings. The molecule has 138 valence electrons. The molecule has 1 aliphatic rings. The Hall–Kier alpha value is -1.80. The molecule has 0 atom stereocenters. The molecule has 26 heavy (non-hydrogen) atoms. The van der Waals surface area contributed by atoms with Crippen molar-refractivity contribution in [1.29, 1.82) is 0 Å². The van der Waals surface area contributed by atoms with Crippen molar-refractivity contribution in [3.05, 3.63) is 52.0 Å². The maximum absolute atomic E-state index is 12.6. The number of anilines is 1. The topological polar surface area (TPSA) is 84.5 Å². The minimum Gasteiger partial charge on any atom is -0.495 e. The van der Waals surface area contributed by atoms with Crippen LogP contribution >= 0.6 is 23.2 Å². The molecule has 0 heterocycles. The molecule has 0 radical (unpaired) electrons. The van der Waals surface area contributed by atoms with E-state index in [-0.39, 0.29) is 21.5 Å². The lowest BCUT2D eigenvalue weighted by Crippen LogP contribution is -2.26. The molecule has 2 N–H and O–H groups in total. The first-order valence-electron chi connectivity index (χ1n) is 7.77. The van der Waals surface area contributed by atoms with E-state index in [4.69, 9.17) is 27.9 Å². The van der Waals surface area contributed by atoms with Crippen molar-refractivity contribution in [3.63, 3.8) is 0 Å². The minimum atomic E-state index is -3.78. The van der Waals surface area contributed by atoms with Crippen LogP contribution < -0.4 is 14.8 Å². The van der Waals surface area contributed by atoms with Crippen molar-refractivity contribution in [1.82, 2.24) is 4.72 Å². The Morgan fingerprint density at radius 1 is 1.15 bits per heavy atom. The van der Waals surface area contributed by atoms with Crippen LogP contribution in [0.4, 0.5) is 5.69 Å². The zero-order valence-electron chi connectivity index (χ0n) is 13.8. The summed E-state index contributed by atoms with van der Waals surface area (Å²) >= 11 is 12.0. The monoisotopic (exact) mass is 414 g/mol. The quantitative estimate of drug-likeness (QED) is 0.754. The summed E-state index contributed by atoms with van der Waals surface area (Å²) in [6, 6.07) is 8.81. The second-order valence-corrected chi connectivity index (χ2v) is 8.37. The van der Waals surface area contributed by atoms with Crippen LogP contribution in [0.25, 0.3) is 0 Å². The lowest BCUT2D eigenvalue weighted by molar-refractivity contribution is 0.102. The first-order valence-corrected chi connectivity index (χ1v) is 10.0. The summed E-state index contributed by atoms with van der Waals surface area (Å²) in [5, 5.41) is 3.14. The number of nitrogens with one attached hydrogen (secondary N) is 2. The van der Waals surface area contributed by atoms with E-state index < -0.39 is 15.9 Å². The Morgan fingerprint density at radius 2 is 1.88 bits per heavy atom. The first kappa shape index (κ1) is 19.0. The molecule has 0 saturated heterocycles. The summed E-state index contributed by atoms with van der Waals surface area (Å²) in [6.45, 7) is 0. The van der Waals surface area contributed by atoms with Gasteiger partial charge in [-0.3, -0.25) is 4.79 Å². The van der Waals surface area contributed by atoms with Crippen molar-refractivity contribution >= 4 is 44.8 Å². The normalized spacial score (nSPS) is 14.1. The molecule has 0 aromatic heterocycles. The third-order valence-electron chi connectivity index (χ3n) is 3.79. The lowest BCUT2D eigenvalue weighted by Gasteiger charge is -2.12. The van der Waals surface area contributed by atoms with Gasteiger partial charge in [-0.1, -0.05) is 23.2 Å². The Morgan fingerprint density at radius 3 is 2.54 bits per heavy atom. The van der Waals surface area contributed by atoms with E-state index in [1.165, 1.54) is 25.3 Å². The lowest BCUT2D eigenvalue weighted by atomic mass is 10.2. The van der Waals surface area contributed by atoms with Gasteiger partial charge in [0.05, 0.1) is 17.8 Å². The number of methoxy groups -OCH3 is 1. The second kappa shape index (κ2) is 7.44. The summed E-state index contributed by atoms with van der Waals surface area (Å²) in [7, 11) is -2.32. The summed E-state index contributed by atoms with van der Waals surface area (Å²) in [6.07, 6.45) is 1.59. The molecule has 3 rings (SSSR count). The van der Waals surface area contributed by atoms with Crippen molar-refractivity contribution in [3.8, 4) is 5.75 Å². The highest BCUT2D eigenvalue weighted by atomic mass is 35.5. The number of hydrogen-bond acceptors (Lipinski definition) is 4. The fourth-order valence-corrected chi connectivity index (χ4v) is 4.31. The van der Waals surface area contributed by atoms with E-state index in [1.54, 1.807) is 18.2 Å². The number of carbonyl (C=O) groups excluding carboxylic acids is 1. The van der Waals surface area contributed by atoms with E-state index in [9.17, 15) is 13.2 Å². The van der Waals surface area contributed by atoms with Gasteiger partial charge in [-0.15, -0.1) is 0 Å². The SMILES string of the molecule is COc1ccc(Cl)cc1NC(=O)c1ccc(Cl)c(S(=O)(=O)NC2CC2)c1. The van der Waals surface area contributed by atoms with E-state index in [2.05, 4.69) is 10.0 Å². The van der Waals surface area contributed by atoms with Crippen LogP contribution in [0.15, 0.2) is 41.3 Å². The third-order valence-corrected chi connectivity index (χ3v) is 6.03. The third kappa shape index (κ3) is 4.29. The fourth-order valence-electron chi connectivity index (χ4n) is 2.31. The number of benzene rings is 2. The minimum absolute atomic E-state index is 0.0510. The second-order valence-electron chi connectivity index (χ2n) is 5.84. The molecule has 6 nitrogen and oxygen atoms in total. The number of carbonyl (C=O) groups is 1. The Labute approximate surface area is 161 Å². The van der Waals surface area contributed by atoms with Crippen LogP contribution in [0.3, 0.4) is 0 Å². The van der Waals surface area contributed by atoms with Crippen molar-refractivity contribution < 1.29 is 17.9 Å². The largest absolute Gasteiger partial charge is 0.495 e. The number of halogens is 2. The van der Waals surface area contributed by atoms with Crippen LogP contribution in [0, 0.1) is 0 Å². The molecule has 2 aromatic rings. The van der Waals surface area contributed by atoms with Gasteiger partial charge in [0.25, 0.3) is 5.91 Å². The van der Waals surface area contributed by atoms with Crippen LogP contribution in [-0.2, 0) is 10.0 Å². The van der Waals surface area contributed by atoms with Gasteiger partial charge in [0.1, 0.15) is 10.6 Å². The molecular weight excluding hydrogens is 399 g/mol. The van der Waals surface area contributed by atoms with Crippen LogP contribution in [0.5, 0.6) is 5.75 Å². The van der Waals surface area contributed by atoms with E-state index >= 15 is 0 Å². The maximum Gasteiger partial charge on any atom is 0.255 e. The molecule has 0 aliphatic heterocycles. The molecule has 1 amide bonds. The van der Waals surface area contributed by atoms with Crippen molar-refractivity contribution in [2.45, 2.75) is 23.8 Å². The van der Waals surface area contributed by atoms with Crippen LogP contribution in [0.1, 0.15) is 23.2 Å². The highest BCUT2D eigenvalue weighted by Gasteiger charge is 2.29. The average Bonchev–Trinajstić information content (AvgIpc) is 3.38. The van der Waals surface area contributed by atoms with Crippen molar-refractivity contribution in [2.75, 3.05) is 12.4 Å². The highest BCUT2D eigenvalue weighted by molar-refractivity contribution is 7.89. The molecule has 9 heteroatoms. The van der Waals surface area contributed by atoms with E-state index in [0.717, 1.165) is 12.8 Å². The molecular formula is C17H16Cl2N2O4S. The van der Waals surface area contributed by atoms with E-state index in [0.29, 0.717) is 16.5 Å². The van der Waals surface area contributed by atoms with E-state index in [1.807, 2.05) is 0 Å². The summed E-state index contributed by atoms with van der Waals surface area (Å²) in [5.74, 6) is -0.0786. The van der Waals surface area contributed by atoms with Gasteiger partial charge in [-0.25, -0.2) is 13.1 Å². The number of sulfonamides is 1. The fraction of sp³-hybridized carbons (Fsp3) is 0.235. The van der Waals surface area contributed by atoms with Gasteiger partial charge >= 0.3 is 0 Å². The summed E-state index contributed by atoms with van der Waals surface area (Å²) in [4.78, 5) is 12.4. The maximum atomic E-state index is 12.6. The molecule has 1 saturated carbocycles. The first-order chi connectivity index (χ1) is 12.3. The zero-order chi connectivity index (χ0) is 18.9. The van der Waals surface area contributed by atoms with Gasteiger partial charge in [0.15, 0.2) is 0 Å². The highest BCUT2D eigenvalue weighted by Crippen LogP contribution is 2.30. The Balaban J connectivity index is 1.89. The van der Waals surface area contributed by atoms with Gasteiger partial charge < -0.3 is 10.1 Å². The van der Waals surface area contributed by atoms with Crippen LogP contribution in [0.2, 0.25) is 10.0 Å². The van der Waals surface area contributed by atoms with Gasteiger partial charge in [-0.05, 0) is 49.2 Å². The smallest absolute Gasteiger partial charge is 0.255 e. The summed E-state index contributed by atoms with van der Waals surface area (Å²) < 4.78 is 32.6. The van der Waals surface area contributed by atoms with Crippen molar-refractivity contribution in [2.24, 2.45) is 0 Å². The molecule has 0 bridgehead atoms. The molecule has 0 spiro atoms. The molecule has 0 unspecified atom stereocenters. The predicted octanol–water partition coefficient (Wildman–Crippen LogP) is 3.70. The van der Waals surface area contributed by atoms with Gasteiger partial charge in [0.2, 0.25) is 10.0 Å². The number of rotatable bonds is 6. The number of hydrogen-bond donors (Lipinski definition) is 2. The zero-order valence-corrected chi connectivity index (χ0v) is 16.1. The number of amides is 1. The molecule has 1 aliphatic carbocycles. The predicted molar refractivity (Wildman–Crippen MR) is 101 cm³/mol. The molecule has 2 aromatic carbocycles. The standard InChI is InChI=1S/C17H16Cl2N2O4S/c1-25-15-7-3-11(18)9-14(15)20-17(22)10-2-6-13(19)16(8-10)26(23,24)21-12-4-5-12/h2-3,6-9,12,21H,4-5H2,1H3,(H,20,22). The van der Waals surface area contributed by atoms with Crippen LogP contribution in [-0.4, -0.2) is 27.5 Å². The Kier molecular flexibility index (Phi) is 5.43. The van der Waals surface area contributed by atoms with Gasteiger partial charge in [0, 0.05) is 16.6 Å². The van der Waals surface area contributed by atoms with Gasteiger partial charge in [-0.2, -0.15) is 0 Å². The average molecular weight is 415 g/mol. The number of ether oxygens (including phenoxy) is 1. The summed E-state index contributed by atoms with van der Waals surface area (Å²) in [5.41, 5.74) is 0.521. The Bertz CT molecular complexity index is 959.